The van der Waals surface area contributed by atoms with Crippen LogP contribution < -0.4 is 10.5 Å². The van der Waals surface area contributed by atoms with Gasteiger partial charge in [0.25, 0.3) is 0 Å². The quantitative estimate of drug-likeness (QED) is 0.834. The maximum atomic E-state index is 5.96. The monoisotopic (exact) mass is 330 g/mol. The van der Waals surface area contributed by atoms with Crippen LogP contribution in [0.15, 0.2) is 22.7 Å². The summed E-state index contributed by atoms with van der Waals surface area (Å²) in [5, 5.41) is 0. The van der Waals surface area contributed by atoms with Crippen molar-refractivity contribution in [2.75, 3.05) is 34.4 Å². The third-order valence-corrected chi connectivity index (χ3v) is 4.10. The van der Waals surface area contributed by atoms with Gasteiger partial charge in [-0.25, -0.2) is 0 Å². The molecule has 19 heavy (non-hydrogen) atoms. The summed E-state index contributed by atoms with van der Waals surface area (Å²) in [4.78, 5) is 2.23. The van der Waals surface area contributed by atoms with E-state index in [-0.39, 0.29) is 12.1 Å². The Morgan fingerprint density at radius 2 is 2.05 bits per heavy atom. The summed E-state index contributed by atoms with van der Waals surface area (Å²) in [6, 6.07) is 6.36. The van der Waals surface area contributed by atoms with Gasteiger partial charge < -0.3 is 15.2 Å². The fourth-order valence-corrected chi connectivity index (χ4v) is 2.59. The Hall–Kier alpha value is -0.620. The maximum absolute atomic E-state index is 5.96. The summed E-state index contributed by atoms with van der Waals surface area (Å²) in [5.74, 6) is 0.837. The molecule has 108 valence electrons. The Labute approximate surface area is 124 Å². The SMILES string of the molecule is COCC(C)N(C)C(CN)c1cc(OC)ccc1Br. The van der Waals surface area contributed by atoms with Crippen LogP contribution in [0.1, 0.15) is 18.5 Å². The van der Waals surface area contributed by atoms with Gasteiger partial charge in [0.15, 0.2) is 0 Å². The van der Waals surface area contributed by atoms with Gasteiger partial charge in [-0.2, -0.15) is 0 Å². The average molecular weight is 331 g/mol. The lowest BCUT2D eigenvalue weighted by atomic mass is 10.0. The second-order valence-electron chi connectivity index (χ2n) is 4.61. The highest BCUT2D eigenvalue weighted by Crippen LogP contribution is 2.31. The van der Waals surface area contributed by atoms with Crippen molar-refractivity contribution in [1.29, 1.82) is 0 Å². The number of halogens is 1. The molecule has 0 aliphatic rings. The Bertz CT molecular complexity index is 401. The van der Waals surface area contributed by atoms with Crippen LogP contribution in [0.3, 0.4) is 0 Å². The molecular formula is C14H23BrN2O2. The minimum absolute atomic E-state index is 0.120. The molecule has 5 heteroatoms. The van der Waals surface area contributed by atoms with Crippen molar-refractivity contribution in [2.45, 2.75) is 19.0 Å². The maximum Gasteiger partial charge on any atom is 0.119 e. The van der Waals surface area contributed by atoms with E-state index in [1.54, 1.807) is 14.2 Å². The zero-order valence-electron chi connectivity index (χ0n) is 12.0. The van der Waals surface area contributed by atoms with Crippen molar-refractivity contribution in [3.63, 3.8) is 0 Å². The Kier molecular flexibility index (Phi) is 6.79. The van der Waals surface area contributed by atoms with E-state index in [0.29, 0.717) is 13.2 Å². The third kappa shape index (κ3) is 4.18. The van der Waals surface area contributed by atoms with Crippen LogP contribution in [0, 0.1) is 0 Å². The van der Waals surface area contributed by atoms with Crippen molar-refractivity contribution in [1.82, 2.24) is 4.90 Å². The summed E-state index contributed by atoms with van der Waals surface area (Å²) in [7, 11) is 5.44. The topological polar surface area (TPSA) is 47.7 Å². The normalized spacial score (nSPS) is 14.5. The molecule has 0 saturated carbocycles. The number of rotatable bonds is 7. The minimum Gasteiger partial charge on any atom is -0.497 e. The highest BCUT2D eigenvalue weighted by molar-refractivity contribution is 9.10. The van der Waals surface area contributed by atoms with E-state index >= 15 is 0 Å². The lowest BCUT2D eigenvalue weighted by Crippen LogP contribution is -2.39. The van der Waals surface area contributed by atoms with Crippen molar-refractivity contribution in [3.8, 4) is 5.75 Å². The predicted octanol–water partition coefficient (Wildman–Crippen LogP) is 2.42. The number of hydrogen-bond donors (Lipinski definition) is 1. The Morgan fingerprint density at radius 1 is 1.37 bits per heavy atom. The third-order valence-electron chi connectivity index (χ3n) is 3.38. The van der Waals surface area contributed by atoms with E-state index in [1.807, 2.05) is 18.2 Å². The summed E-state index contributed by atoms with van der Waals surface area (Å²) in [6.45, 7) is 3.34. The first kappa shape index (κ1) is 16.4. The molecule has 2 N–H and O–H groups in total. The molecule has 0 spiro atoms. The molecule has 0 aliphatic heterocycles. The van der Waals surface area contributed by atoms with Gasteiger partial charge in [0, 0.05) is 30.2 Å². The fourth-order valence-electron chi connectivity index (χ4n) is 2.08. The zero-order valence-corrected chi connectivity index (χ0v) is 13.6. The summed E-state index contributed by atoms with van der Waals surface area (Å²) in [5.41, 5.74) is 7.09. The van der Waals surface area contributed by atoms with Gasteiger partial charge in [0.1, 0.15) is 5.75 Å². The van der Waals surface area contributed by atoms with Crippen LogP contribution in [0.25, 0.3) is 0 Å². The van der Waals surface area contributed by atoms with E-state index in [0.717, 1.165) is 15.8 Å². The molecule has 0 aromatic heterocycles. The largest absolute Gasteiger partial charge is 0.497 e. The zero-order chi connectivity index (χ0) is 14.4. The molecule has 0 bridgehead atoms. The van der Waals surface area contributed by atoms with Gasteiger partial charge in [-0.3, -0.25) is 4.90 Å². The molecule has 2 unspecified atom stereocenters. The number of methoxy groups -OCH3 is 2. The van der Waals surface area contributed by atoms with Crippen LogP contribution in [0.2, 0.25) is 0 Å². The van der Waals surface area contributed by atoms with E-state index < -0.39 is 0 Å². The van der Waals surface area contributed by atoms with Gasteiger partial charge in [-0.1, -0.05) is 15.9 Å². The highest BCUT2D eigenvalue weighted by Gasteiger charge is 2.22. The molecule has 1 aromatic carbocycles. The molecule has 1 rings (SSSR count). The first-order valence-electron chi connectivity index (χ1n) is 6.29. The number of ether oxygens (including phenoxy) is 2. The van der Waals surface area contributed by atoms with Crippen molar-refractivity contribution >= 4 is 15.9 Å². The molecule has 0 aliphatic carbocycles. The van der Waals surface area contributed by atoms with Crippen molar-refractivity contribution in [3.05, 3.63) is 28.2 Å². The van der Waals surface area contributed by atoms with Gasteiger partial charge in [-0.05, 0) is 37.7 Å². The van der Waals surface area contributed by atoms with Gasteiger partial charge >= 0.3 is 0 Å². The van der Waals surface area contributed by atoms with E-state index in [2.05, 4.69) is 34.8 Å². The number of nitrogens with two attached hydrogens (primary N) is 1. The molecular weight excluding hydrogens is 308 g/mol. The number of nitrogens with zero attached hydrogens (tertiary/aromatic N) is 1. The number of benzene rings is 1. The van der Waals surface area contributed by atoms with Crippen LogP contribution in [0.5, 0.6) is 5.75 Å². The molecule has 2 atom stereocenters. The summed E-state index contributed by atoms with van der Waals surface area (Å²) >= 11 is 3.59. The standard InChI is InChI=1S/C14H23BrN2O2/c1-10(9-18-3)17(2)14(8-16)12-7-11(19-4)5-6-13(12)15/h5-7,10,14H,8-9,16H2,1-4H3. The van der Waals surface area contributed by atoms with Gasteiger partial charge in [-0.15, -0.1) is 0 Å². The van der Waals surface area contributed by atoms with Crippen LogP contribution in [-0.4, -0.2) is 45.4 Å². The second kappa shape index (κ2) is 7.85. The minimum atomic E-state index is 0.120. The molecule has 1 aromatic rings. The van der Waals surface area contributed by atoms with Crippen LogP contribution >= 0.6 is 15.9 Å². The Morgan fingerprint density at radius 3 is 2.58 bits per heavy atom. The Balaban J connectivity index is 3.01. The first-order chi connectivity index (χ1) is 9.04. The van der Waals surface area contributed by atoms with Crippen LogP contribution in [0.4, 0.5) is 0 Å². The average Bonchev–Trinajstić information content (AvgIpc) is 2.41. The lowest BCUT2D eigenvalue weighted by molar-refractivity contribution is 0.0908. The smallest absolute Gasteiger partial charge is 0.119 e. The molecule has 0 fully saturated rings. The molecule has 4 nitrogen and oxygen atoms in total. The molecule has 0 radical (unpaired) electrons. The van der Waals surface area contributed by atoms with Crippen LogP contribution in [-0.2, 0) is 4.74 Å². The molecule has 0 heterocycles. The fraction of sp³-hybridized carbons (Fsp3) is 0.571. The summed E-state index contributed by atoms with van der Waals surface area (Å²) in [6.07, 6.45) is 0. The first-order valence-corrected chi connectivity index (χ1v) is 7.08. The van der Waals surface area contributed by atoms with Gasteiger partial charge in [0.2, 0.25) is 0 Å². The van der Waals surface area contributed by atoms with E-state index in [9.17, 15) is 0 Å². The summed E-state index contributed by atoms with van der Waals surface area (Å²) < 4.78 is 11.5. The van der Waals surface area contributed by atoms with E-state index in [4.69, 9.17) is 15.2 Å². The highest BCUT2D eigenvalue weighted by atomic mass is 79.9. The second-order valence-corrected chi connectivity index (χ2v) is 5.46. The molecule has 0 amide bonds. The van der Waals surface area contributed by atoms with Gasteiger partial charge in [0.05, 0.1) is 13.7 Å². The van der Waals surface area contributed by atoms with Crippen molar-refractivity contribution in [2.24, 2.45) is 5.73 Å². The number of hydrogen-bond acceptors (Lipinski definition) is 4. The number of likely N-dealkylation sites (N-methyl/N-ethyl adjacent to an activating group) is 1. The van der Waals surface area contributed by atoms with Crippen molar-refractivity contribution < 1.29 is 9.47 Å². The predicted molar refractivity (Wildman–Crippen MR) is 81.6 cm³/mol. The lowest BCUT2D eigenvalue weighted by Gasteiger charge is -2.33. The van der Waals surface area contributed by atoms with E-state index in [1.165, 1.54) is 0 Å². The molecule has 0 saturated heterocycles.